The molecule has 0 saturated heterocycles. The second-order valence-electron chi connectivity index (χ2n) is 5.57. The van der Waals surface area contributed by atoms with Crippen LogP contribution < -0.4 is 5.32 Å². The van der Waals surface area contributed by atoms with Gasteiger partial charge in [0.25, 0.3) is 0 Å². The van der Waals surface area contributed by atoms with Crippen LogP contribution in [-0.2, 0) is 11.3 Å². The minimum atomic E-state index is -0.294. The summed E-state index contributed by atoms with van der Waals surface area (Å²) in [5.74, 6) is 0.342. The number of amides is 1. The van der Waals surface area contributed by atoms with E-state index in [2.05, 4.69) is 15.5 Å². The Balaban J connectivity index is 1.62. The van der Waals surface area contributed by atoms with Gasteiger partial charge in [0.05, 0.1) is 10.9 Å². The lowest BCUT2D eigenvalue weighted by molar-refractivity contribution is -0.121. The summed E-state index contributed by atoms with van der Waals surface area (Å²) < 4.78 is 15.3. The van der Waals surface area contributed by atoms with E-state index in [0.717, 1.165) is 16.3 Å². The van der Waals surface area contributed by atoms with Gasteiger partial charge in [-0.1, -0.05) is 18.2 Å². The summed E-state index contributed by atoms with van der Waals surface area (Å²) in [7, 11) is 0. The Morgan fingerprint density at radius 1 is 1.40 bits per heavy atom. The predicted molar refractivity (Wildman–Crippen MR) is 98.3 cm³/mol. The van der Waals surface area contributed by atoms with Crippen molar-refractivity contribution in [2.24, 2.45) is 0 Å². The van der Waals surface area contributed by atoms with E-state index < -0.39 is 0 Å². The van der Waals surface area contributed by atoms with Gasteiger partial charge < -0.3 is 5.32 Å². The first-order valence-corrected chi connectivity index (χ1v) is 9.07. The lowest BCUT2D eigenvalue weighted by atomic mass is 10.1. The highest BCUT2D eigenvalue weighted by Crippen LogP contribution is 2.23. The summed E-state index contributed by atoms with van der Waals surface area (Å²) in [6.45, 7) is 2.30. The summed E-state index contributed by atoms with van der Waals surface area (Å²) >= 11 is 6.82. The van der Waals surface area contributed by atoms with E-state index in [-0.39, 0.29) is 24.2 Å². The molecule has 0 aliphatic heterocycles. The summed E-state index contributed by atoms with van der Waals surface area (Å²) in [4.78, 5) is 13.2. The molecule has 1 atom stereocenters. The third-order valence-electron chi connectivity index (χ3n) is 3.81. The standard InChI is InChI=1S/C17H17FN4OS2/c1-11(12-4-6-13(18)7-5-12)19-15(23)8-9-22-16(20-21-17(22)24)14-3-2-10-25-14/h2-7,10-11H,8-9H2,1H3,(H,19,23)(H,21,24). The van der Waals surface area contributed by atoms with Crippen LogP contribution in [0.2, 0.25) is 0 Å². The van der Waals surface area contributed by atoms with Crippen LogP contribution in [0.3, 0.4) is 0 Å². The van der Waals surface area contributed by atoms with E-state index in [9.17, 15) is 9.18 Å². The van der Waals surface area contributed by atoms with Crippen LogP contribution in [0.4, 0.5) is 4.39 Å². The Morgan fingerprint density at radius 3 is 2.84 bits per heavy atom. The minimum Gasteiger partial charge on any atom is -0.350 e. The molecule has 0 aliphatic rings. The molecular formula is C17H17FN4OS2. The molecule has 2 heterocycles. The molecule has 8 heteroatoms. The van der Waals surface area contributed by atoms with E-state index >= 15 is 0 Å². The second-order valence-corrected chi connectivity index (χ2v) is 6.91. The largest absolute Gasteiger partial charge is 0.350 e. The first-order valence-electron chi connectivity index (χ1n) is 7.78. The van der Waals surface area contributed by atoms with Gasteiger partial charge in [-0.2, -0.15) is 5.10 Å². The molecule has 0 fully saturated rings. The summed E-state index contributed by atoms with van der Waals surface area (Å²) in [6, 6.07) is 9.82. The van der Waals surface area contributed by atoms with Crippen LogP contribution in [0.15, 0.2) is 41.8 Å². The molecule has 3 rings (SSSR count). The number of carbonyl (C=O) groups excluding carboxylic acids is 1. The van der Waals surface area contributed by atoms with Crippen LogP contribution in [-0.4, -0.2) is 20.7 Å². The number of halogens is 1. The van der Waals surface area contributed by atoms with Crippen molar-refractivity contribution in [2.75, 3.05) is 0 Å². The number of nitrogens with zero attached hydrogens (tertiary/aromatic N) is 2. The van der Waals surface area contributed by atoms with E-state index in [0.29, 0.717) is 11.3 Å². The third kappa shape index (κ3) is 4.21. The fourth-order valence-corrected chi connectivity index (χ4v) is 3.43. The second kappa shape index (κ2) is 7.71. The summed E-state index contributed by atoms with van der Waals surface area (Å²) in [5.41, 5.74) is 0.856. The fraction of sp³-hybridized carbons (Fsp3) is 0.235. The molecule has 0 spiro atoms. The number of rotatable bonds is 6. The molecule has 0 saturated carbocycles. The maximum Gasteiger partial charge on any atom is 0.222 e. The van der Waals surface area contributed by atoms with Crippen LogP contribution in [0.25, 0.3) is 10.7 Å². The smallest absolute Gasteiger partial charge is 0.222 e. The molecule has 25 heavy (non-hydrogen) atoms. The van der Waals surface area contributed by atoms with Crippen LogP contribution in [0, 0.1) is 10.6 Å². The first-order chi connectivity index (χ1) is 12.0. The highest BCUT2D eigenvalue weighted by Gasteiger charge is 2.13. The zero-order chi connectivity index (χ0) is 17.8. The van der Waals surface area contributed by atoms with Crippen LogP contribution >= 0.6 is 23.6 Å². The Kier molecular flexibility index (Phi) is 5.40. The van der Waals surface area contributed by atoms with Crippen LogP contribution in [0.1, 0.15) is 24.9 Å². The molecule has 5 nitrogen and oxygen atoms in total. The topological polar surface area (TPSA) is 62.7 Å². The van der Waals surface area contributed by atoms with Crippen molar-refractivity contribution in [2.45, 2.75) is 25.9 Å². The highest BCUT2D eigenvalue weighted by molar-refractivity contribution is 7.71. The number of thiophene rings is 1. The monoisotopic (exact) mass is 376 g/mol. The lowest BCUT2D eigenvalue weighted by Gasteiger charge is -2.14. The molecule has 130 valence electrons. The number of benzene rings is 1. The van der Waals surface area contributed by atoms with Crippen molar-refractivity contribution in [3.8, 4) is 10.7 Å². The molecule has 1 amide bonds. The number of hydrogen-bond donors (Lipinski definition) is 2. The van der Waals surface area contributed by atoms with Gasteiger partial charge in [-0.05, 0) is 48.3 Å². The Morgan fingerprint density at radius 2 is 2.16 bits per heavy atom. The molecule has 2 N–H and O–H groups in total. The number of H-pyrrole nitrogens is 1. The molecule has 0 bridgehead atoms. The lowest BCUT2D eigenvalue weighted by Crippen LogP contribution is -2.27. The zero-order valence-electron chi connectivity index (χ0n) is 13.5. The fourth-order valence-electron chi connectivity index (χ4n) is 2.48. The van der Waals surface area contributed by atoms with E-state index in [1.807, 2.05) is 29.0 Å². The molecule has 2 aromatic heterocycles. The summed E-state index contributed by atoms with van der Waals surface area (Å²) in [5, 5.41) is 11.9. The Hall–Kier alpha value is -2.32. The Bertz CT molecular complexity index is 900. The van der Waals surface area contributed by atoms with Gasteiger partial charge in [-0.15, -0.1) is 11.3 Å². The van der Waals surface area contributed by atoms with Crippen molar-refractivity contribution in [1.82, 2.24) is 20.1 Å². The number of carbonyl (C=O) groups is 1. The average Bonchev–Trinajstić information content (AvgIpc) is 3.23. The van der Waals surface area contributed by atoms with Crippen molar-refractivity contribution >= 4 is 29.5 Å². The third-order valence-corrected chi connectivity index (χ3v) is 4.99. The van der Waals surface area contributed by atoms with E-state index in [1.165, 1.54) is 12.1 Å². The van der Waals surface area contributed by atoms with E-state index in [1.54, 1.807) is 23.5 Å². The van der Waals surface area contributed by atoms with Crippen molar-refractivity contribution in [1.29, 1.82) is 0 Å². The number of hydrogen-bond acceptors (Lipinski definition) is 4. The molecule has 1 aromatic carbocycles. The normalized spacial score (nSPS) is 12.1. The van der Waals surface area contributed by atoms with Crippen LogP contribution in [0.5, 0.6) is 0 Å². The molecule has 0 aliphatic carbocycles. The van der Waals surface area contributed by atoms with Gasteiger partial charge in [-0.3, -0.25) is 14.5 Å². The quantitative estimate of drug-likeness (QED) is 0.637. The van der Waals surface area contributed by atoms with E-state index in [4.69, 9.17) is 12.2 Å². The number of aromatic nitrogens is 3. The zero-order valence-corrected chi connectivity index (χ0v) is 15.2. The number of nitrogens with one attached hydrogen (secondary N) is 2. The molecule has 0 radical (unpaired) electrons. The molecular weight excluding hydrogens is 359 g/mol. The van der Waals surface area contributed by atoms with Crippen molar-refractivity contribution < 1.29 is 9.18 Å². The van der Waals surface area contributed by atoms with Crippen molar-refractivity contribution in [3.63, 3.8) is 0 Å². The number of aromatic amines is 1. The van der Waals surface area contributed by atoms with Gasteiger partial charge in [0.2, 0.25) is 5.91 Å². The average molecular weight is 376 g/mol. The van der Waals surface area contributed by atoms with Crippen molar-refractivity contribution in [3.05, 3.63) is 57.9 Å². The first kappa shape index (κ1) is 17.5. The maximum absolute atomic E-state index is 13.0. The van der Waals surface area contributed by atoms with Gasteiger partial charge in [0.15, 0.2) is 10.6 Å². The van der Waals surface area contributed by atoms with Gasteiger partial charge in [0.1, 0.15) is 5.82 Å². The van der Waals surface area contributed by atoms with Gasteiger partial charge in [0, 0.05) is 13.0 Å². The van der Waals surface area contributed by atoms with Gasteiger partial charge in [-0.25, -0.2) is 4.39 Å². The highest BCUT2D eigenvalue weighted by atomic mass is 32.1. The predicted octanol–water partition coefficient (Wildman–Crippen LogP) is 4.08. The summed E-state index contributed by atoms with van der Waals surface area (Å²) in [6.07, 6.45) is 0.276. The maximum atomic E-state index is 13.0. The minimum absolute atomic E-state index is 0.0999. The van der Waals surface area contributed by atoms with Gasteiger partial charge >= 0.3 is 0 Å². The Labute approximate surface area is 153 Å². The molecule has 3 aromatic rings. The SMILES string of the molecule is CC(NC(=O)CCn1c(-c2cccs2)n[nH]c1=S)c1ccc(F)cc1. The molecule has 1 unspecified atom stereocenters.